The molecule has 0 aromatic carbocycles. The van der Waals surface area contributed by atoms with Gasteiger partial charge >= 0.3 is 5.97 Å². The van der Waals surface area contributed by atoms with E-state index in [1.165, 1.54) is 173 Å². The van der Waals surface area contributed by atoms with E-state index in [9.17, 15) is 19.8 Å². The fourth-order valence-corrected chi connectivity index (χ4v) is 7.46. The molecule has 0 aliphatic carbocycles. The van der Waals surface area contributed by atoms with Gasteiger partial charge in [-0.2, -0.15) is 0 Å². The Kier molecular flexibility index (Phi) is 42.6. The maximum atomic E-state index is 12.4. The number of amides is 1. The van der Waals surface area contributed by atoms with Gasteiger partial charge in [0.2, 0.25) is 5.91 Å². The Morgan fingerprint density at radius 3 is 1.15 bits per heavy atom. The number of carbonyl (C=O) groups is 2. The number of unbranched alkanes of at least 4 members (excludes halogenated alkanes) is 33. The molecule has 0 bridgehead atoms. The molecule has 6 nitrogen and oxygen atoms in total. The van der Waals surface area contributed by atoms with Gasteiger partial charge in [-0.3, -0.25) is 9.59 Å². The van der Waals surface area contributed by atoms with E-state index in [0.717, 1.165) is 57.8 Å². The first-order chi connectivity index (χ1) is 26.0. The van der Waals surface area contributed by atoms with Crippen molar-refractivity contribution >= 4 is 11.9 Å². The van der Waals surface area contributed by atoms with Crippen molar-refractivity contribution in [3.8, 4) is 0 Å². The van der Waals surface area contributed by atoms with E-state index in [-0.39, 0.29) is 18.5 Å². The van der Waals surface area contributed by atoms with Crippen LogP contribution in [0.1, 0.15) is 264 Å². The van der Waals surface area contributed by atoms with Crippen LogP contribution in [0.3, 0.4) is 0 Å². The maximum Gasteiger partial charge on any atom is 0.305 e. The molecule has 2 atom stereocenters. The quantitative estimate of drug-likeness (QED) is 0.0425. The van der Waals surface area contributed by atoms with Gasteiger partial charge in [-0.15, -0.1) is 0 Å². The summed E-state index contributed by atoms with van der Waals surface area (Å²) in [5, 5.41) is 23.0. The van der Waals surface area contributed by atoms with Crippen molar-refractivity contribution in [1.29, 1.82) is 0 Å². The van der Waals surface area contributed by atoms with Crippen LogP contribution in [-0.2, 0) is 14.3 Å². The van der Waals surface area contributed by atoms with Crippen LogP contribution < -0.4 is 5.32 Å². The Bertz CT molecular complexity index is 746. The third-order valence-electron chi connectivity index (χ3n) is 11.2. The summed E-state index contributed by atoms with van der Waals surface area (Å²) in [6, 6.07) is -0.549. The molecule has 0 heterocycles. The van der Waals surface area contributed by atoms with E-state index in [2.05, 4.69) is 19.2 Å². The van der Waals surface area contributed by atoms with Crippen LogP contribution in [0.4, 0.5) is 0 Å². The van der Waals surface area contributed by atoms with Crippen LogP contribution in [0.2, 0.25) is 0 Å². The third kappa shape index (κ3) is 40.3. The summed E-state index contributed by atoms with van der Waals surface area (Å²) in [7, 11) is 0. The Morgan fingerprint density at radius 2 is 0.774 bits per heavy atom. The van der Waals surface area contributed by atoms with Crippen molar-refractivity contribution in [2.24, 2.45) is 0 Å². The molecule has 6 heteroatoms. The molecule has 0 saturated heterocycles. The van der Waals surface area contributed by atoms with Gasteiger partial charge in [0.15, 0.2) is 0 Å². The summed E-state index contributed by atoms with van der Waals surface area (Å²) in [5.41, 5.74) is 0. The number of aliphatic hydroxyl groups is 2. The molecule has 316 valence electrons. The number of hydrogen-bond acceptors (Lipinski definition) is 5. The van der Waals surface area contributed by atoms with Gasteiger partial charge in [-0.25, -0.2) is 0 Å². The Morgan fingerprint density at radius 1 is 0.453 bits per heavy atom. The normalized spacial score (nSPS) is 12.6. The summed E-state index contributed by atoms with van der Waals surface area (Å²) < 4.78 is 5.46. The largest absolute Gasteiger partial charge is 0.466 e. The van der Waals surface area contributed by atoms with Crippen LogP contribution in [0.15, 0.2) is 0 Å². The molecule has 53 heavy (non-hydrogen) atoms. The van der Waals surface area contributed by atoms with E-state index in [1.807, 2.05) is 0 Å². The summed E-state index contributed by atoms with van der Waals surface area (Å²) in [6.45, 7) is 4.90. The highest BCUT2D eigenvalue weighted by Crippen LogP contribution is 2.16. The smallest absolute Gasteiger partial charge is 0.305 e. The van der Waals surface area contributed by atoms with Crippen molar-refractivity contribution in [1.82, 2.24) is 5.32 Å². The topological polar surface area (TPSA) is 95.9 Å². The van der Waals surface area contributed by atoms with Gasteiger partial charge < -0.3 is 20.3 Å². The predicted octanol–water partition coefficient (Wildman–Crippen LogP) is 13.6. The summed E-state index contributed by atoms with van der Waals surface area (Å²) in [5.74, 6) is -0.0586. The van der Waals surface area contributed by atoms with E-state index >= 15 is 0 Å². The summed E-state index contributed by atoms with van der Waals surface area (Å²) in [4.78, 5) is 24.4. The minimum Gasteiger partial charge on any atom is -0.466 e. The first-order valence-electron chi connectivity index (χ1n) is 23.8. The SMILES string of the molecule is CCCCCCCCCCCCCCCCCC(=O)OCCCCCCCCCCCCCCC(=O)NC(CO)C(O)CCCCCCCCCCC. The fraction of sp³-hybridized carbons (Fsp3) is 0.957. The number of aliphatic hydroxyl groups excluding tert-OH is 2. The second kappa shape index (κ2) is 43.6. The lowest BCUT2D eigenvalue weighted by Crippen LogP contribution is -2.45. The lowest BCUT2D eigenvalue weighted by molar-refractivity contribution is -0.143. The molecule has 0 aromatic heterocycles. The highest BCUT2D eigenvalue weighted by Gasteiger charge is 2.20. The lowest BCUT2D eigenvalue weighted by atomic mass is 10.0. The number of nitrogens with one attached hydrogen (secondary N) is 1. The molecule has 1 amide bonds. The molecule has 0 spiro atoms. The van der Waals surface area contributed by atoms with E-state index in [0.29, 0.717) is 25.9 Å². The zero-order valence-corrected chi connectivity index (χ0v) is 35.8. The minimum atomic E-state index is -0.670. The van der Waals surface area contributed by atoms with Crippen LogP contribution in [0.25, 0.3) is 0 Å². The van der Waals surface area contributed by atoms with Crippen molar-refractivity contribution in [3.05, 3.63) is 0 Å². The Hall–Kier alpha value is -1.14. The van der Waals surface area contributed by atoms with Gasteiger partial charge in [-0.05, 0) is 25.7 Å². The zero-order valence-electron chi connectivity index (χ0n) is 35.8. The molecular formula is C47H93NO5. The zero-order chi connectivity index (χ0) is 38.7. The molecule has 0 aliphatic heterocycles. The molecule has 0 aliphatic rings. The third-order valence-corrected chi connectivity index (χ3v) is 11.2. The standard InChI is InChI=1S/C47H93NO5/c1-3-5-7-9-11-13-14-15-16-17-21-25-29-33-37-41-47(52)53-42-38-34-30-26-22-19-18-20-24-28-32-36-40-46(51)48-44(43-49)45(50)39-35-31-27-23-12-10-8-6-4-2/h44-45,49-50H,3-43H2,1-2H3,(H,48,51). The number of esters is 1. The van der Waals surface area contributed by atoms with E-state index < -0.39 is 12.1 Å². The van der Waals surface area contributed by atoms with Gasteiger partial charge in [-0.1, -0.05) is 226 Å². The molecule has 0 aromatic rings. The monoisotopic (exact) mass is 752 g/mol. The van der Waals surface area contributed by atoms with Crippen LogP contribution in [-0.4, -0.2) is 47.4 Å². The average Bonchev–Trinajstić information content (AvgIpc) is 3.16. The first kappa shape index (κ1) is 51.9. The Balaban J connectivity index is 3.41. The van der Waals surface area contributed by atoms with Crippen molar-refractivity contribution in [2.45, 2.75) is 276 Å². The molecule has 0 rings (SSSR count). The van der Waals surface area contributed by atoms with Crippen LogP contribution in [0.5, 0.6) is 0 Å². The number of hydrogen-bond donors (Lipinski definition) is 3. The van der Waals surface area contributed by atoms with Gasteiger partial charge in [0.25, 0.3) is 0 Å². The van der Waals surface area contributed by atoms with E-state index in [4.69, 9.17) is 4.74 Å². The van der Waals surface area contributed by atoms with Crippen molar-refractivity contribution < 1.29 is 24.5 Å². The van der Waals surface area contributed by atoms with Gasteiger partial charge in [0, 0.05) is 12.8 Å². The second-order valence-corrected chi connectivity index (χ2v) is 16.5. The number of rotatable bonds is 44. The molecule has 2 unspecified atom stereocenters. The first-order valence-corrected chi connectivity index (χ1v) is 23.8. The molecule has 0 fully saturated rings. The van der Waals surface area contributed by atoms with E-state index in [1.54, 1.807) is 0 Å². The maximum absolute atomic E-state index is 12.4. The highest BCUT2D eigenvalue weighted by atomic mass is 16.5. The predicted molar refractivity (Wildman–Crippen MR) is 227 cm³/mol. The fourth-order valence-electron chi connectivity index (χ4n) is 7.46. The molecule has 0 saturated carbocycles. The molecule has 0 radical (unpaired) electrons. The molecule has 3 N–H and O–H groups in total. The Labute approximate surface area is 330 Å². The summed E-state index contributed by atoms with van der Waals surface area (Å²) in [6.07, 6.45) is 46.4. The lowest BCUT2D eigenvalue weighted by Gasteiger charge is -2.22. The van der Waals surface area contributed by atoms with Gasteiger partial charge in [0.05, 0.1) is 25.4 Å². The average molecular weight is 752 g/mol. The molecular weight excluding hydrogens is 659 g/mol. The second-order valence-electron chi connectivity index (χ2n) is 16.5. The van der Waals surface area contributed by atoms with Gasteiger partial charge in [0.1, 0.15) is 0 Å². The highest BCUT2D eigenvalue weighted by molar-refractivity contribution is 5.76. The van der Waals surface area contributed by atoms with Crippen molar-refractivity contribution in [2.75, 3.05) is 13.2 Å². The number of carbonyl (C=O) groups excluding carboxylic acids is 2. The number of ether oxygens (including phenoxy) is 1. The van der Waals surface area contributed by atoms with Crippen LogP contribution in [0, 0.1) is 0 Å². The minimum absolute atomic E-state index is 0.00653. The van der Waals surface area contributed by atoms with Crippen LogP contribution >= 0.6 is 0 Å². The van der Waals surface area contributed by atoms with Crippen molar-refractivity contribution in [3.63, 3.8) is 0 Å². The summed E-state index contributed by atoms with van der Waals surface area (Å²) >= 11 is 0.